The number of aliphatic hydroxyl groups is 1. The first-order valence-electron chi connectivity index (χ1n) is 4.28. The normalized spacial score (nSPS) is 16.2. The Labute approximate surface area is 74.9 Å². The topological polar surface area (TPSA) is 55.5 Å². The van der Waals surface area contributed by atoms with Crippen LogP contribution in [0.15, 0.2) is 0 Å². The lowest BCUT2D eigenvalue weighted by molar-refractivity contribution is -0.136. The Balaban J connectivity index is 4.50. The van der Waals surface area contributed by atoms with Crippen molar-refractivity contribution in [3.8, 4) is 0 Å². The van der Waals surface area contributed by atoms with Crippen LogP contribution >= 0.6 is 0 Å². The summed E-state index contributed by atoms with van der Waals surface area (Å²) in [5.41, 5.74) is 4.60. The molecular formula is C9H21NO2. The molecule has 0 rings (SSSR count). The zero-order valence-electron chi connectivity index (χ0n) is 8.72. The highest BCUT2D eigenvalue weighted by Gasteiger charge is 2.41. The molecule has 12 heavy (non-hydrogen) atoms. The van der Waals surface area contributed by atoms with Crippen LogP contribution in [-0.4, -0.2) is 23.5 Å². The standard InChI is InChI=1S/C9H21NO2/c1-7(11)8(2,3)9(4,5)12-6-10/h7,11H,6,10H2,1-5H3. The van der Waals surface area contributed by atoms with Crippen molar-refractivity contribution in [1.29, 1.82) is 0 Å². The van der Waals surface area contributed by atoms with E-state index in [0.29, 0.717) is 0 Å². The van der Waals surface area contributed by atoms with E-state index in [1.54, 1.807) is 6.92 Å². The van der Waals surface area contributed by atoms with Gasteiger partial charge in [0.25, 0.3) is 0 Å². The molecule has 0 aliphatic heterocycles. The molecule has 1 atom stereocenters. The molecule has 0 saturated carbocycles. The van der Waals surface area contributed by atoms with Gasteiger partial charge in [-0.05, 0) is 20.8 Å². The van der Waals surface area contributed by atoms with Crippen LogP contribution in [0.1, 0.15) is 34.6 Å². The molecule has 74 valence electrons. The molecule has 3 heteroatoms. The van der Waals surface area contributed by atoms with Crippen LogP contribution in [0.4, 0.5) is 0 Å². The lowest BCUT2D eigenvalue weighted by Gasteiger charge is -2.43. The minimum absolute atomic E-state index is 0.184. The summed E-state index contributed by atoms with van der Waals surface area (Å²) < 4.78 is 5.37. The lowest BCUT2D eigenvalue weighted by atomic mass is 9.73. The van der Waals surface area contributed by atoms with Crippen LogP contribution in [0, 0.1) is 5.41 Å². The molecule has 0 amide bonds. The first-order chi connectivity index (χ1) is 5.25. The van der Waals surface area contributed by atoms with Crippen molar-refractivity contribution < 1.29 is 9.84 Å². The summed E-state index contributed by atoms with van der Waals surface area (Å²) in [6.07, 6.45) is -0.418. The fourth-order valence-corrected chi connectivity index (χ4v) is 0.897. The first-order valence-corrected chi connectivity index (χ1v) is 4.28. The molecule has 0 aliphatic rings. The Morgan fingerprint density at radius 1 is 1.33 bits per heavy atom. The number of aliphatic hydroxyl groups excluding tert-OH is 1. The fourth-order valence-electron chi connectivity index (χ4n) is 0.897. The molecule has 0 bridgehead atoms. The van der Waals surface area contributed by atoms with Gasteiger partial charge >= 0.3 is 0 Å². The molecule has 0 heterocycles. The van der Waals surface area contributed by atoms with E-state index in [-0.39, 0.29) is 12.1 Å². The van der Waals surface area contributed by atoms with E-state index in [1.165, 1.54) is 0 Å². The average molecular weight is 175 g/mol. The number of ether oxygens (including phenoxy) is 1. The summed E-state index contributed by atoms with van der Waals surface area (Å²) in [6, 6.07) is 0. The van der Waals surface area contributed by atoms with E-state index in [0.717, 1.165) is 0 Å². The van der Waals surface area contributed by atoms with Crippen molar-refractivity contribution in [2.24, 2.45) is 11.1 Å². The highest BCUT2D eigenvalue weighted by molar-refractivity contribution is 4.91. The summed E-state index contributed by atoms with van der Waals surface area (Å²) in [5.74, 6) is 0. The molecule has 0 aliphatic carbocycles. The van der Waals surface area contributed by atoms with Gasteiger partial charge in [0.2, 0.25) is 0 Å². The van der Waals surface area contributed by atoms with Gasteiger partial charge in [0, 0.05) is 5.41 Å². The Kier molecular flexibility index (Phi) is 3.69. The van der Waals surface area contributed by atoms with Gasteiger partial charge < -0.3 is 15.6 Å². The molecular weight excluding hydrogens is 154 g/mol. The van der Waals surface area contributed by atoms with Gasteiger partial charge in [-0.2, -0.15) is 0 Å². The van der Waals surface area contributed by atoms with Gasteiger partial charge in [-0.25, -0.2) is 0 Å². The Bertz CT molecular complexity index is 141. The van der Waals surface area contributed by atoms with E-state index in [1.807, 2.05) is 27.7 Å². The molecule has 0 spiro atoms. The van der Waals surface area contributed by atoms with E-state index in [9.17, 15) is 5.11 Å². The average Bonchev–Trinajstić information content (AvgIpc) is 1.86. The minimum atomic E-state index is -0.418. The summed E-state index contributed by atoms with van der Waals surface area (Å²) in [5, 5.41) is 9.52. The summed E-state index contributed by atoms with van der Waals surface area (Å²) in [7, 11) is 0. The maximum atomic E-state index is 9.52. The van der Waals surface area contributed by atoms with Gasteiger partial charge in [0.1, 0.15) is 0 Å². The molecule has 0 aromatic rings. The van der Waals surface area contributed by atoms with Crippen LogP contribution < -0.4 is 5.73 Å². The molecule has 0 radical (unpaired) electrons. The van der Waals surface area contributed by atoms with Gasteiger partial charge in [-0.15, -0.1) is 0 Å². The van der Waals surface area contributed by atoms with Crippen LogP contribution in [0.5, 0.6) is 0 Å². The van der Waals surface area contributed by atoms with E-state index in [2.05, 4.69) is 0 Å². The third-order valence-electron chi connectivity index (χ3n) is 3.04. The third kappa shape index (κ3) is 2.19. The van der Waals surface area contributed by atoms with Crippen LogP contribution in [0.2, 0.25) is 0 Å². The van der Waals surface area contributed by atoms with Gasteiger partial charge in [0.15, 0.2) is 0 Å². The minimum Gasteiger partial charge on any atom is -0.393 e. The van der Waals surface area contributed by atoms with Gasteiger partial charge in [-0.3, -0.25) is 0 Å². The summed E-state index contributed by atoms with van der Waals surface area (Å²) in [6.45, 7) is 9.75. The van der Waals surface area contributed by atoms with Crippen LogP contribution in [-0.2, 0) is 4.74 Å². The maximum absolute atomic E-state index is 9.52. The van der Waals surface area contributed by atoms with Crippen molar-refractivity contribution in [2.75, 3.05) is 6.73 Å². The fraction of sp³-hybridized carbons (Fsp3) is 1.00. The number of nitrogens with two attached hydrogens (primary N) is 1. The Morgan fingerprint density at radius 2 is 1.75 bits per heavy atom. The van der Waals surface area contributed by atoms with Crippen LogP contribution in [0.25, 0.3) is 0 Å². The second-order valence-corrected chi connectivity index (χ2v) is 4.22. The monoisotopic (exact) mass is 175 g/mol. The quantitative estimate of drug-likeness (QED) is 0.629. The predicted octanol–water partition coefficient (Wildman–Crippen LogP) is 1.10. The smallest absolute Gasteiger partial charge is 0.0947 e. The van der Waals surface area contributed by atoms with E-state index >= 15 is 0 Å². The molecule has 3 N–H and O–H groups in total. The highest BCUT2D eigenvalue weighted by atomic mass is 16.5. The van der Waals surface area contributed by atoms with E-state index in [4.69, 9.17) is 10.5 Å². The summed E-state index contributed by atoms with van der Waals surface area (Å²) in [4.78, 5) is 0. The molecule has 0 aromatic carbocycles. The van der Waals surface area contributed by atoms with Crippen molar-refractivity contribution in [3.05, 3.63) is 0 Å². The second kappa shape index (κ2) is 3.73. The van der Waals surface area contributed by atoms with E-state index < -0.39 is 11.7 Å². The molecule has 0 aromatic heterocycles. The number of rotatable bonds is 4. The third-order valence-corrected chi connectivity index (χ3v) is 3.04. The number of hydrogen-bond donors (Lipinski definition) is 2. The predicted molar refractivity (Wildman–Crippen MR) is 49.7 cm³/mol. The summed E-state index contributed by atoms with van der Waals surface area (Å²) >= 11 is 0. The maximum Gasteiger partial charge on any atom is 0.0947 e. The highest BCUT2D eigenvalue weighted by Crippen LogP contribution is 2.36. The molecule has 0 fully saturated rings. The lowest BCUT2D eigenvalue weighted by Crippen LogP contribution is -2.49. The molecule has 0 saturated heterocycles. The Hall–Kier alpha value is -0.120. The Morgan fingerprint density at radius 3 is 2.00 bits per heavy atom. The zero-order chi connectivity index (χ0) is 9.99. The second-order valence-electron chi connectivity index (χ2n) is 4.22. The van der Waals surface area contributed by atoms with Gasteiger partial charge in [0.05, 0.1) is 18.4 Å². The van der Waals surface area contributed by atoms with Crippen molar-refractivity contribution in [3.63, 3.8) is 0 Å². The van der Waals surface area contributed by atoms with Crippen molar-refractivity contribution in [1.82, 2.24) is 0 Å². The molecule has 3 nitrogen and oxygen atoms in total. The first kappa shape index (κ1) is 11.9. The molecule has 1 unspecified atom stereocenters. The van der Waals surface area contributed by atoms with Gasteiger partial charge in [-0.1, -0.05) is 13.8 Å². The van der Waals surface area contributed by atoms with Crippen molar-refractivity contribution >= 4 is 0 Å². The van der Waals surface area contributed by atoms with Crippen LogP contribution in [0.3, 0.4) is 0 Å². The zero-order valence-corrected chi connectivity index (χ0v) is 8.72. The number of hydrogen-bond acceptors (Lipinski definition) is 3. The SMILES string of the molecule is CC(O)C(C)(C)C(C)(C)OCN. The largest absolute Gasteiger partial charge is 0.393 e. The van der Waals surface area contributed by atoms with Crippen molar-refractivity contribution in [2.45, 2.75) is 46.3 Å².